The molecule has 1 aliphatic rings. The van der Waals surface area contributed by atoms with Gasteiger partial charge in [-0.2, -0.15) is 23.8 Å². The molecule has 9 aromatic rings. The van der Waals surface area contributed by atoms with Crippen molar-refractivity contribution < 1.29 is 20.1 Å². The molecule has 4 nitrogen and oxygen atoms in total. The van der Waals surface area contributed by atoms with Crippen LogP contribution in [-0.2, 0) is 20.1 Å². The summed E-state index contributed by atoms with van der Waals surface area (Å²) in [7, 11) is -1.28. The van der Waals surface area contributed by atoms with Gasteiger partial charge in [0, 0.05) is 28.8 Å². The average Bonchev–Trinajstić information content (AvgIpc) is 3.82. The van der Waals surface area contributed by atoms with Crippen molar-refractivity contribution in [1.29, 1.82) is 0 Å². The zero-order valence-electron chi connectivity index (χ0n) is 35.9. The number of fused-ring (bicyclic) bond motifs is 5. The van der Waals surface area contributed by atoms with Crippen LogP contribution in [0.15, 0.2) is 164 Å². The molecule has 7 aromatic carbocycles. The van der Waals surface area contributed by atoms with Crippen LogP contribution in [0.5, 0.6) is 0 Å². The number of aromatic nitrogens is 2. The average molecular weight is 988 g/mol. The molecule has 6 heteroatoms. The Morgan fingerprint density at radius 2 is 1.31 bits per heavy atom. The van der Waals surface area contributed by atoms with Gasteiger partial charge in [-0.05, 0) is 69.7 Å². The van der Waals surface area contributed by atoms with Crippen molar-refractivity contribution in [3.05, 3.63) is 198 Å². The third-order valence-electron chi connectivity index (χ3n) is 11.8. The molecule has 0 aliphatic carbocycles. The molecule has 61 heavy (non-hydrogen) atoms. The van der Waals surface area contributed by atoms with Gasteiger partial charge in [0.2, 0.25) is 0 Å². The van der Waals surface area contributed by atoms with Gasteiger partial charge in [-0.1, -0.05) is 167 Å². The van der Waals surface area contributed by atoms with E-state index in [2.05, 4.69) is 226 Å². The number of hydrogen-bond donors (Lipinski definition) is 0. The Kier molecular flexibility index (Phi) is 11.9. The summed E-state index contributed by atoms with van der Waals surface area (Å²) >= 11 is 0. The van der Waals surface area contributed by atoms with Crippen LogP contribution in [0.3, 0.4) is 0 Å². The van der Waals surface area contributed by atoms with E-state index in [9.17, 15) is 0 Å². The van der Waals surface area contributed by atoms with Crippen molar-refractivity contribution >= 4 is 62.9 Å². The SMILES string of the molecule is CC(C)c1cccc(C(C)C)c1N1c2ccccc2[N-]C1c1[c-]cc2c(c1)c1ccccc1n2-c1ccccc1.C[Si](C)(C)c1ccc(-c2[c-]ccc3ccccc23)nc1.[Ir+3]. The van der Waals surface area contributed by atoms with Crippen LogP contribution >= 0.6 is 0 Å². The molecule has 0 N–H and O–H groups in total. The Bertz CT molecular complexity index is 2930. The monoisotopic (exact) mass is 988 g/mol. The first-order valence-corrected chi connectivity index (χ1v) is 24.7. The quantitative estimate of drug-likeness (QED) is 0.118. The Morgan fingerprint density at radius 3 is 2.02 bits per heavy atom. The molecule has 1 aliphatic heterocycles. The van der Waals surface area contributed by atoms with Gasteiger partial charge in [0.15, 0.2) is 0 Å². The Balaban J connectivity index is 0.000000206. The predicted molar refractivity (Wildman–Crippen MR) is 258 cm³/mol. The summed E-state index contributed by atoms with van der Waals surface area (Å²) in [5.74, 6) is 0.773. The fourth-order valence-corrected chi connectivity index (χ4v) is 9.67. The van der Waals surface area contributed by atoms with Crippen molar-refractivity contribution in [2.24, 2.45) is 0 Å². The maximum absolute atomic E-state index is 5.32. The molecule has 0 fully saturated rings. The minimum Gasteiger partial charge on any atom is -0.661 e. The number of hydrogen-bond acceptors (Lipinski definition) is 2. The first kappa shape index (κ1) is 41.9. The van der Waals surface area contributed by atoms with E-state index in [1.165, 1.54) is 49.1 Å². The first-order chi connectivity index (χ1) is 29.1. The number of benzene rings is 7. The summed E-state index contributed by atoms with van der Waals surface area (Å²) in [4.78, 5) is 7.14. The first-order valence-electron chi connectivity index (χ1n) is 21.2. The fourth-order valence-electron chi connectivity index (χ4n) is 8.63. The molecular weight excluding hydrogens is 937 g/mol. The number of pyridine rings is 1. The van der Waals surface area contributed by atoms with Gasteiger partial charge in [0.1, 0.15) is 0 Å². The van der Waals surface area contributed by atoms with Crippen LogP contribution in [0.1, 0.15) is 62.4 Å². The van der Waals surface area contributed by atoms with Crippen molar-refractivity contribution in [1.82, 2.24) is 9.55 Å². The van der Waals surface area contributed by atoms with E-state index in [0.29, 0.717) is 11.8 Å². The molecule has 0 bridgehead atoms. The zero-order chi connectivity index (χ0) is 41.5. The molecular formula is C55H51IrN4Si. The van der Waals surface area contributed by atoms with Gasteiger partial charge in [-0.3, -0.25) is 0 Å². The summed E-state index contributed by atoms with van der Waals surface area (Å²) < 4.78 is 2.34. The normalized spacial score (nSPS) is 13.6. The topological polar surface area (TPSA) is 35.2 Å². The molecule has 1 atom stereocenters. The van der Waals surface area contributed by atoms with Crippen LogP contribution in [-0.4, -0.2) is 17.6 Å². The predicted octanol–water partition coefficient (Wildman–Crippen LogP) is 14.9. The maximum Gasteiger partial charge on any atom is 3.00 e. The third kappa shape index (κ3) is 7.97. The minimum absolute atomic E-state index is 0. The van der Waals surface area contributed by atoms with Crippen LogP contribution in [0.2, 0.25) is 19.6 Å². The maximum atomic E-state index is 5.32. The van der Waals surface area contributed by atoms with E-state index < -0.39 is 8.07 Å². The van der Waals surface area contributed by atoms with E-state index >= 15 is 0 Å². The molecule has 0 radical (unpaired) electrons. The Hall–Kier alpha value is -5.78. The van der Waals surface area contributed by atoms with E-state index in [0.717, 1.165) is 39.4 Å². The van der Waals surface area contributed by atoms with Crippen molar-refractivity contribution in [3.8, 4) is 16.9 Å². The molecule has 1 unspecified atom stereocenters. The molecule has 10 rings (SSSR count). The van der Waals surface area contributed by atoms with E-state index in [-0.39, 0.29) is 26.3 Å². The summed E-state index contributed by atoms with van der Waals surface area (Å²) in [5, 5.41) is 11.6. The van der Waals surface area contributed by atoms with Gasteiger partial charge in [0.05, 0.1) is 8.07 Å². The van der Waals surface area contributed by atoms with Gasteiger partial charge < -0.3 is 19.8 Å². The molecule has 3 heterocycles. The summed E-state index contributed by atoms with van der Waals surface area (Å²) in [6.45, 7) is 16.2. The molecule has 0 saturated carbocycles. The molecule has 0 spiro atoms. The molecule has 304 valence electrons. The summed E-state index contributed by atoms with van der Waals surface area (Å²) in [6, 6.07) is 62.9. The van der Waals surface area contributed by atoms with E-state index in [1.54, 1.807) is 0 Å². The van der Waals surface area contributed by atoms with Crippen molar-refractivity contribution in [2.75, 3.05) is 4.90 Å². The second kappa shape index (κ2) is 17.3. The van der Waals surface area contributed by atoms with Gasteiger partial charge in [0.25, 0.3) is 0 Å². The number of rotatable bonds is 7. The van der Waals surface area contributed by atoms with Gasteiger partial charge in [-0.25, -0.2) is 0 Å². The fraction of sp³-hybridized carbons (Fsp3) is 0.182. The Morgan fingerprint density at radius 1 is 0.639 bits per heavy atom. The Labute approximate surface area is 375 Å². The minimum atomic E-state index is -1.28. The van der Waals surface area contributed by atoms with Crippen LogP contribution < -0.4 is 10.1 Å². The van der Waals surface area contributed by atoms with Gasteiger partial charge in [-0.15, -0.1) is 40.2 Å². The smallest absolute Gasteiger partial charge is 0.661 e. The number of para-hydroxylation sites is 5. The third-order valence-corrected chi connectivity index (χ3v) is 13.8. The number of nitrogens with zero attached hydrogens (tertiary/aromatic N) is 4. The largest absolute Gasteiger partial charge is 3.00 e. The second-order valence-corrected chi connectivity index (χ2v) is 22.5. The molecule has 0 saturated heterocycles. The van der Waals surface area contributed by atoms with E-state index in [4.69, 9.17) is 5.32 Å². The van der Waals surface area contributed by atoms with Crippen molar-refractivity contribution in [3.63, 3.8) is 0 Å². The second-order valence-electron chi connectivity index (χ2n) is 17.5. The van der Waals surface area contributed by atoms with Gasteiger partial charge >= 0.3 is 20.1 Å². The van der Waals surface area contributed by atoms with Crippen LogP contribution in [0, 0.1) is 12.1 Å². The standard InChI is InChI=1S/C37H33N3.C18H18NSi.Ir/c1-24(2)28-16-12-17-29(25(3)4)36(28)40-35-20-11-9-18-32(35)38-37(40)26-21-22-34-31(23-26)30-15-8-10-19-33(30)39(34)27-13-6-5-7-14-27;1-20(2,3)15-11-12-18(19-13-15)17-10-6-8-14-7-4-5-9-16(14)17;/h5-20,22-25,37H,1-4H3;4-9,11-13H,1-3H3;/q-2;-1;+3. The zero-order valence-corrected chi connectivity index (χ0v) is 39.3. The number of anilines is 2. The summed E-state index contributed by atoms with van der Waals surface area (Å²) in [6.07, 6.45) is 1.84. The molecule has 0 amide bonds. The van der Waals surface area contributed by atoms with Crippen molar-refractivity contribution in [2.45, 2.75) is 65.3 Å². The van der Waals surface area contributed by atoms with Crippen LogP contribution in [0.25, 0.3) is 54.8 Å². The molecule has 2 aromatic heterocycles. The van der Waals surface area contributed by atoms with E-state index in [1.807, 2.05) is 12.3 Å². The summed E-state index contributed by atoms with van der Waals surface area (Å²) in [5.41, 5.74) is 12.8. The van der Waals surface area contributed by atoms with Crippen LogP contribution in [0.4, 0.5) is 17.1 Å².